The van der Waals surface area contributed by atoms with Crippen LogP contribution in [0, 0.1) is 12.4 Å². The monoisotopic (exact) mass is 395 g/mol. The topological polar surface area (TPSA) is 31.4 Å². The highest BCUT2D eigenvalue weighted by molar-refractivity contribution is 6.33. The summed E-state index contributed by atoms with van der Waals surface area (Å²) in [5.74, 6) is -0.582. The minimum atomic E-state index is -4.76. The molecule has 1 heterocycles. The average Bonchev–Trinajstić information content (AvgIpc) is 2.91. The SMILES string of the molecule is [C-]#[N+]c1cc(F)c(-c2nn(C)c(C(F)(F)F)c2Cl)cc1Oc1ccccc1. The van der Waals surface area contributed by atoms with Crippen molar-refractivity contribution in [2.45, 2.75) is 6.18 Å². The van der Waals surface area contributed by atoms with Gasteiger partial charge in [0.2, 0.25) is 5.69 Å². The largest absolute Gasteiger partial charge is 0.468 e. The highest BCUT2D eigenvalue weighted by Gasteiger charge is 2.39. The fourth-order valence-electron chi connectivity index (χ4n) is 2.49. The van der Waals surface area contributed by atoms with Gasteiger partial charge >= 0.3 is 6.18 Å². The molecule has 0 unspecified atom stereocenters. The molecule has 0 bridgehead atoms. The van der Waals surface area contributed by atoms with Gasteiger partial charge in [0.05, 0.1) is 11.6 Å². The third-order valence-corrected chi connectivity index (χ3v) is 4.01. The number of benzene rings is 2. The van der Waals surface area contributed by atoms with E-state index in [1.165, 1.54) is 0 Å². The molecule has 1 aromatic heterocycles. The molecule has 0 saturated heterocycles. The van der Waals surface area contributed by atoms with Gasteiger partial charge < -0.3 is 4.74 Å². The lowest BCUT2D eigenvalue weighted by molar-refractivity contribution is -0.143. The van der Waals surface area contributed by atoms with Gasteiger partial charge in [-0.3, -0.25) is 4.68 Å². The molecule has 0 aliphatic carbocycles. The maximum Gasteiger partial charge on any atom is 0.434 e. The Morgan fingerprint density at radius 3 is 2.41 bits per heavy atom. The zero-order valence-corrected chi connectivity index (χ0v) is 14.4. The van der Waals surface area contributed by atoms with Crippen molar-refractivity contribution in [1.29, 1.82) is 0 Å². The molecule has 9 heteroatoms. The van der Waals surface area contributed by atoms with E-state index in [0.29, 0.717) is 10.4 Å². The third kappa shape index (κ3) is 3.59. The lowest BCUT2D eigenvalue weighted by atomic mass is 10.1. The number of nitrogens with zero attached hydrogens (tertiary/aromatic N) is 3. The number of para-hydroxylation sites is 1. The smallest absolute Gasteiger partial charge is 0.434 e. The fourth-order valence-corrected chi connectivity index (χ4v) is 2.86. The molecule has 138 valence electrons. The van der Waals surface area contributed by atoms with E-state index >= 15 is 0 Å². The van der Waals surface area contributed by atoms with Gasteiger partial charge in [-0.2, -0.15) is 18.3 Å². The van der Waals surface area contributed by atoms with Gasteiger partial charge in [-0.05, 0) is 24.3 Å². The van der Waals surface area contributed by atoms with Crippen LogP contribution in [0.15, 0.2) is 42.5 Å². The Morgan fingerprint density at radius 1 is 1.19 bits per heavy atom. The summed E-state index contributed by atoms with van der Waals surface area (Å²) in [5, 5.41) is 2.97. The summed E-state index contributed by atoms with van der Waals surface area (Å²) in [6, 6.07) is 10.4. The summed E-state index contributed by atoms with van der Waals surface area (Å²) in [4.78, 5) is 3.19. The molecule has 0 saturated carbocycles. The van der Waals surface area contributed by atoms with Crippen LogP contribution in [0.25, 0.3) is 16.1 Å². The van der Waals surface area contributed by atoms with E-state index in [-0.39, 0.29) is 17.0 Å². The Balaban J connectivity index is 2.15. The van der Waals surface area contributed by atoms with Crippen molar-refractivity contribution in [3.8, 4) is 22.8 Å². The van der Waals surface area contributed by atoms with Gasteiger partial charge in [-0.1, -0.05) is 29.8 Å². The predicted octanol–water partition coefficient (Wildman–Crippen LogP) is 6.24. The summed E-state index contributed by atoms with van der Waals surface area (Å²) in [6.07, 6.45) is -4.76. The molecule has 0 N–H and O–H groups in total. The lowest BCUT2D eigenvalue weighted by Gasteiger charge is -2.10. The summed E-state index contributed by atoms with van der Waals surface area (Å²) < 4.78 is 60.0. The van der Waals surface area contributed by atoms with Crippen LogP contribution in [-0.2, 0) is 13.2 Å². The molecular formula is C18H10ClF4N3O. The van der Waals surface area contributed by atoms with Crippen molar-refractivity contribution < 1.29 is 22.3 Å². The second-order valence-corrected chi connectivity index (χ2v) is 5.84. The van der Waals surface area contributed by atoms with E-state index < -0.39 is 28.4 Å². The molecule has 27 heavy (non-hydrogen) atoms. The predicted molar refractivity (Wildman–Crippen MR) is 91.4 cm³/mol. The molecule has 0 aliphatic rings. The maximum atomic E-state index is 14.5. The molecule has 3 aromatic rings. The van der Waals surface area contributed by atoms with Crippen LogP contribution in [0.4, 0.5) is 23.2 Å². The van der Waals surface area contributed by atoms with Crippen molar-refractivity contribution in [3.63, 3.8) is 0 Å². The minimum absolute atomic E-state index is 0.0251. The highest BCUT2D eigenvalue weighted by atomic mass is 35.5. The lowest BCUT2D eigenvalue weighted by Crippen LogP contribution is -2.12. The first-order valence-corrected chi connectivity index (χ1v) is 7.84. The van der Waals surface area contributed by atoms with Gasteiger partial charge in [0.25, 0.3) is 0 Å². The van der Waals surface area contributed by atoms with Crippen molar-refractivity contribution in [1.82, 2.24) is 9.78 Å². The van der Waals surface area contributed by atoms with Crippen molar-refractivity contribution in [2.24, 2.45) is 7.05 Å². The number of aromatic nitrogens is 2. The Morgan fingerprint density at radius 2 is 1.85 bits per heavy atom. The van der Waals surface area contributed by atoms with E-state index in [0.717, 1.165) is 19.2 Å². The van der Waals surface area contributed by atoms with Gasteiger partial charge in [0, 0.05) is 12.6 Å². The second-order valence-electron chi connectivity index (χ2n) is 5.46. The number of hydrogen-bond donors (Lipinski definition) is 0. The number of aryl methyl sites for hydroxylation is 1. The standard InChI is InChI=1S/C18H10ClF4N3O/c1-24-13-9-12(20)11(8-14(13)27-10-6-4-3-5-7-10)16-15(19)17(18(21,22)23)26(2)25-16/h3-9H,2H3. The van der Waals surface area contributed by atoms with Gasteiger partial charge in [-0.15, -0.1) is 0 Å². The summed E-state index contributed by atoms with van der Waals surface area (Å²) in [5.41, 5.74) is -2.02. The van der Waals surface area contributed by atoms with Crippen LogP contribution in [0.3, 0.4) is 0 Å². The van der Waals surface area contributed by atoms with Crippen LogP contribution >= 0.6 is 11.6 Å². The van der Waals surface area contributed by atoms with E-state index in [1.54, 1.807) is 30.3 Å². The van der Waals surface area contributed by atoms with E-state index in [2.05, 4.69) is 9.94 Å². The number of rotatable bonds is 3. The second kappa shape index (κ2) is 6.93. The first-order chi connectivity index (χ1) is 12.7. The molecule has 0 spiro atoms. The Hall–Kier alpha value is -3.05. The average molecular weight is 396 g/mol. The van der Waals surface area contributed by atoms with Crippen molar-refractivity contribution in [2.75, 3.05) is 0 Å². The molecular weight excluding hydrogens is 386 g/mol. The van der Waals surface area contributed by atoms with Crippen LogP contribution in [0.5, 0.6) is 11.5 Å². The Labute approximate surface area is 156 Å². The van der Waals surface area contributed by atoms with Crippen LogP contribution in [0.2, 0.25) is 5.02 Å². The molecule has 3 rings (SSSR count). The molecule has 0 aliphatic heterocycles. The number of alkyl halides is 3. The summed E-state index contributed by atoms with van der Waals surface area (Å²) >= 11 is 5.84. The van der Waals surface area contributed by atoms with E-state index in [9.17, 15) is 17.6 Å². The zero-order chi connectivity index (χ0) is 19.8. The zero-order valence-electron chi connectivity index (χ0n) is 13.7. The first-order valence-electron chi connectivity index (χ1n) is 7.46. The van der Waals surface area contributed by atoms with Crippen molar-refractivity contribution >= 4 is 17.3 Å². The Kier molecular flexibility index (Phi) is 4.81. The number of halogens is 5. The highest BCUT2D eigenvalue weighted by Crippen LogP contribution is 2.43. The Bertz CT molecular complexity index is 1040. The molecule has 0 atom stereocenters. The first kappa shape index (κ1) is 18.7. The molecule has 4 nitrogen and oxygen atoms in total. The summed E-state index contributed by atoms with van der Waals surface area (Å²) in [7, 11) is 1.06. The molecule has 2 aromatic carbocycles. The van der Waals surface area contributed by atoms with Crippen LogP contribution in [0.1, 0.15) is 5.69 Å². The van der Waals surface area contributed by atoms with E-state index in [4.69, 9.17) is 22.9 Å². The van der Waals surface area contributed by atoms with E-state index in [1.807, 2.05) is 0 Å². The van der Waals surface area contributed by atoms with Crippen LogP contribution in [-0.4, -0.2) is 9.78 Å². The maximum absolute atomic E-state index is 14.5. The third-order valence-electron chi connectivity index (χ3n) is 3.65. The molecule has 0 amide bonds. The number of ether oxygens (including phenoxy) is 1. The minimum Gasteiger partial charge on any atom is -0.468 e. The van der Waals surface area contributed by atoms with Gasteiger partial charge in [0.15, 0.2) is 5.69 Å². The van der Waals surface area contributed by atoms with Crippen molar-refractivity contribution in [3.05, 3.63) is 70.4 Å². The fraction of sp³-hybridized carbons (Fsp3) is 0.111. The summed E-state index contributed by atoms with van der Waals surface area (Å²) in [6.45, 7) is 7.17. The van der Waals surface area contributed by atoms with Gasteiger partial charge in [0.1, 0.15) is 23.0 Å². The molecule has 0 fully saturated rings. The molecule has 0 radical (unpaired) electrons. The quantitative estimate of drug-likeness (QED) is 0.388. The normalized spacial score (nSPS) is 11.3. The van der Waals surface area contributed by atoms with Gasteiger partial charge in [-0.25, -0.2) is 9.24 Å². The number of hydrogen-bond acceptors (Lipinski definition) is 2. The van der Waals surface area contributed by atoms with Crippen LogP contribution < -0.4 is 4.74 Å².